The molecule has 1 aliphatic carbocycles. The van der Waals surface area contributed by atoms with Gasteiger partial charge in [-0.05, 0) is 43.9 Å². The minimum Gasteiger partial charge on any atom is -0.366 e. The van der Waals surface area contributed by atoms with E-state index in [2.05, 4.69) is 33.0 Å². The topological polar surface area (TPSA) is 21.3 Å². The van der Waals surface area contributed by atoms with Crippen molar-refractivity contribution in [1.82, 2.24) is 5.32 Å². The smallest absolute Gasteiger partial charge is 0.0814 e. The maximum atomic E-state index is 6.75. The van der Waals surface area contributed by atoms with Crippen LogP contribution in [-0.2, 0) is 4.74 Å². The fourth-order valence-electron chi connectivity index (χ4n) is 4.04. The van der Waals surface area contributed by atoms with Gasteiger partial charge < -0.3 is 10.1 Å². The van der Waals surface area contributed by atoms with Crippen LogP contribution in [0.4, 0.5) is 0 Å². The van der Waals surface area contributed by atoms with E-state index >= 15 is 0 Å². The third-order valence-corrected chi connectivity index (χ3v) is 5.74. The zero-order valence-electron chi connectivity index (χ0n) is 13.4. The number of ether oxygens (including phenoxy) is 1. The van der Waals surface area contributed by atoms with Crippen molar-refractivity contribution in [2.24, 2.45) is 11.8 Å². The monoisotopic (exact) mass is 267 g/mol. The van der Waals surface area contributed by atoms with Crippen molar-refractivity contribution in [3.05, 3.63) is 0 Å². The molecule has 1 saturated heterocycles. The molecule has 0 bridgehead atoms. The van der Waals surface area contributed by atoms with Gasteiger partial charge in [-0.15, -0.1) is 0 Å². The zero-order valence-corrected chi connectivity index (χ0v) is 13.4. The molecule has 1 spiro atoms. The lowest BCUT2D eigenvalue weighted by Gasteiger charge is -2.48. The first-order valence-electron chi connectivity index (χ1n) is 8.46. The Labute approximate surface area is 119 Å². The van der Waals surface area contributed by atoms with Crippen molar-refractivity contribution in [1.29, 1.82) is 0 Å². The summed E-state index contributed by atoms with van der Waals surface area (Å²) in [5.41, 5.74) is 0.226. The summed E-state index contributed by atoms with van der Waals surface area (Å²) >= 11 is 0. The molecule has 2 unspecified atom stereocenters. The highest BCUT2D eigenvalue weighted by atomic mass is 16.5. The Morgan fingerprint density at radius 2 is 1.84 bits per heavy atom. The Morgan fingerprint density at radius 1 is 1.11 bits per heavy atom. The van der Waals surface area contributed by atoms with Gasteiger partial charge in [0.1, 0.15) is 0 Å². The third-order valence-electron chi connectivity index (χ3n) is 5.74. The van der Waals surface area contributed by atoms with Crippen LogP contribution < -0.4 is 5.32 Å². The van der Waals surface area contributed by atoms with Crippen molar-refractivity contribution in [2.45, 2.75) is 83.8 Å². The van der Waals surface area contributed by atoms with Gasteiger partial charge in [-0.25, -0.2) is 0 Å². The van der Waals surface area contributed by atoms with E-state index in [-0.39, 0.29) is 11.2 Å². The van der Waals surface area contributed by atoms with Crippen molar-refractivity contribution in [2.75, 3.05) is 13.1 Å². The molecule has 2 nitrogen and oxygen atoms in total. The lowest BCUT2D eigenvalue weighted by atomic mass is 9.85. The van der Waals surface area contributed by atoms with Crippen LogP contribution in [0.2, 0.25) is 0 Å². The fraction of sp³-hybridized carbons (Fsp3) is 1.00. The molecule has 1 aliphatic heterocycles. The second-order valence-electron chi connectivity index (χ2n) is 7.21. The van der Waals surface area contributed by atoms with Crippen molar-refractivity contribution in [3.8, 4) is 0 Å². The number of rotatable bonds is 3. The highest BCUT2D eigenvalue weighted by Gasteiger charge is 2.44. The maximum Gasteiger partial charge on any atom is 0.0814 e. The number of morpholine rings is 1. The SMILES string of the molecule is CCC1(CC)CNCC2(CCCC(C(C)C)CC2)O1. The summed E-state index contributed by atoms with van der Waals surface area (Å²) in [7, 11) is 0. The number of hydrogen-bond donors (Lipinski definition) is 1. The average Bonchev–Trinajstić information content (AvgIpc) is 2.61. The molecule has 1 N–H and O–H groups in total. The molecule has 0 aromatic carbocycles. The van der Waals surface area contributed by atoms with E-state index in [1.165, 1.54) is 32.1 Å². The van der Waals surface area contributed by atoms with Crippen molar-refractivity contribution >= 4 is 0 Å². The van der Waals surface area contributed by atoms with Crippen LogP contribution in [0.1, 0.15) is 72.6 Å². The molecule has 0 amide bonds. The van der Waals surface area contributed by atoms with Gasteiger partial charge in [0, 0.05) is 13.1 Å². The van der Waals surface area contributed by atoms with Crippen LogP contribution in [0.5, 0.6) is 0 Å². The Morgan fingerprint density at radius 3 is 2.47 bits per heavy atom. The lowest BCUT2D eigenvalue weighted by Crippen LogP contribution is -2.60. The molecule has 1 saturated carbocycles. The highest BCUT2D eigenvalue weighted by Crippen LogP contribution is 2.41. The van der Waals surface area contributed by atoms with Crippen LogP contribution >= 0.6 is 0 Å². The molecule has 2 aliphatic rings. The molecular weight excluding hydrogens is 234 g/mol. The summed E-state index contributed by atoms with van der Waals surface area (Å²) in [5.74, 6) is 1.73. The Balaban J connectivity index is 2.06. The van der Waals surface area contributed by atoms with Crippen molar-refractivity contribution < 1.29 is 4.74 Å². The molecule has 2 atom stereocenters. The van der Waals surface area contributed by atoms with Crippen molar-refractivity contribution in [3.63, 3.8) is 0 Å². The van der Waals surface area contributed by atoms with Gasteiger partial charge >= 0.3 is 0 Å². The first-order chi connectivity index (χ1) is 9.05. The molecule has 0 radical (unpaired) electrons. The largest absolute Gasteiger partial charge is 0.366 e. The number of nitrogens with one attached hydrogen (secondary N) is 1. The summed E-state index contributed by atoms with van der Waals surface area (Å²) < 4.78 is 6.75. The van der Waals surface area contributed by atoms with Crippen LogP contribution in [0.3, 0.4) is 0 Å². The molecule has 0 aromatic heterocycles. The van der Waals surface area contributed by atoms with Gasteiger partial charge in [0.05, 0.1) is 11.2 Å². The fourth-order valence-corrected chi connectivity index (χ4v) is 4.04. The molecule has 2 rings (SSSR count). The molecule has 19 heavy (non-hydrogen) atoms. The third kappa shape index (κ3) is 3.33. The summed E-state index contributed by atoms with van der Waals surface area (Å²) in [6.07, 6.45) is 8.86. The van der Waals surface area contributed by atoms with E-state index in [1.807, 2.05) is 0 Å². The zero-order chi connectivity index (χ0) is 13.9. The van der Waals surface area contributed by atoms with E-state index < -0.39 is 0 Å². The molecule has 2 fully saturated rings. The standard InChI is InChI=1S/C17H33NO/c1-5-16(6-2)12-18-13-17(19-16)10-7-8-15(9-11-17)14(3)4/h14-15,18H,5-13H2,1-4H3. The Hall–Kier alpha value is -0.0800. The molecule has 112 valence electrons. The van der Waals surface area contributed by atoms with Gasteiger partial charge in [-0.3, -0.25) is 0 Å². The van der Waals surface area contributed by atoms with E-state index in [4.69, 9.17) is 4.74 Å². The summed E-state index contributed by atoms with van der Waals surface area (Å²) in [5, 5.41) is 3.68. The van der Waals surface area contributed by atoms with Gasteiger partial charge in [-0.1, -0.05) is 40.5 Å². The first-order valence-corrected chi connectivity index (χ1v) is 8.46. The summed E-state index contributed by atoms with van der Waals surface area (Å²) in [6.45, 7) is 11.4. The van der Waals surface area contributed by atoms with Crippen LogP contribution in [0.25, 0.3) is 0 Å². The van der Waals surface area contributed by atoms with E-state index in [0.717, 1.165) is 37.8 Å². The quantitative estimate of drug-likeness (QED) is 0.830. The minimum atomic E-state index is 0.0932. The minimum absolute atomic E-state index is 0.0932. The Bertz CT molecular complexity index is 285. The highest BCUT2D eigenvalue weighted by molar-refractivity contribution is 4.97. The normalized spacial score (nSPS) is 35.5. The first kappa shape index (κ1) is 15.3. The molecule has 2 heteroatoms. The summed E-state index contributed by atoms with van der Waals surface area (Å²) in [4.78, 5) is 0. The lowest BCUT2D eigenvalue weighted by molar-refractivity contribution is -0.187. The van der Waals surface area contributed by atoms with Gasteiger partial charge in [0.25, 0.3) is 0 Å². The van der Waals surface area contributed by atoms with Crippen LogP contribution in [0, 0.1) is 11.8 Å². The molecule has 0 aromatic rings. The van der Waals surface area contributed by atoms with E-state index in [9.17, 15) is 0 Å². The molecular formula is C17H33NO. The van der Waals surface area contributed by atoms with Gasteiger partial charge in [-0.2, -0.15) is 0 Å². The second-order valence-corrected chi connectivity index (χ2v) is 7.21. The van der Waals surface area contributed by atoms with E-state index in [0.29, 0.717) is 0 Å². The van der Waals surface area contributed by atoms with Gasteiger partial charge in [0.2, 0.25) is 0 Å². The predicted molar refractivity (Wildman–Crippen MR) is 81.4 cm³/mol. The van der Waals surface area contributed by atoms with Gasteiger partial charge in [0.15, 0.2) is 0 Å². The summed E-state index contributed by atoms with van der Waals surface area (Å²) in [6, 6.07) is 0. The number of hydrogen-bond acceptors (Lipinski definition) is 2. The Kier molecular flexibility index (Phi) is 4.94. The van der Waals surface area contributed by atoms with E-state index in [1.54, 1.807) is 0 Å². The van der Waals surface area contributed by atoms with Crippen LogP contribution in [-0.4, -0.2) is 24.3 Å². The molecule has 1 heterocycles. The van der Waals surface area contributed by atoms with Crippen LogP contribution in [0.15, 0.2) is 0 Å². The average molecular weight is 267 g/mol. The maximum absolute atomic E-state index is 6.75. The second kappa shape index (κ2) is 6.13. The predicted octanol–water partition coefficient (Wildman–Crippen LogP) is 4.14.